The third-order valence-corrected chi connectivity index (χ3v) is 4.99. The Hall–Kier alpha value is -0.950. The number of aliphatic hydroxyl groups is 1. The average molecular weight is 270 g/mol. The number of hydrogen-bond donors (Lipinski definition) is 2. The summed E-state index contributed by atoms with van der Waals surface area (Å²) >= 11 is 0. The van der Waals surface area contributed by atoms with E-state index in [1.54, 1.807) is 24.3 Å². The van der Waals surface area contributed by atoms with Gasteiger partial charge in [-0.3, -0.25) is 0 Å². The fraction of sp³-hybridized carbons (Fsp3) is 0.500. The molecule has 1 aromatic carbocycles. The van der Waals surface area contributed by atoms with Gasteiger partial charge in [0.05, 0.1) is 11.0 Å². The van der Waals surface area contributed by atoms with Crippen molar-refractivity contribution in [2.24, 2.45) is 5.73 Å². The van der Waals surface area contributed by atoms with Gasteiger partial charge in [0.2, 0.25) is 10.0 Å². The van der Waals surface area contributed by atoms with Crippen LogP contribution in [0.2, 0.25) is 0 Å². The number of β-amino-alcohol motifs (C(OH)–C–C–N with tert-alkyl or cyclic N) is 1. The van der Waals surface area contributed by atoms with Crippen molar-refractivity contribution in [2.45, 2.75) is 30.4 Å². The third-order valence-electron chi connectivity index (χ3n) is 3.13. The van der Waals surface area contributed by atoms with Crippen LogP contribution < -0.4 is 5.73 Å². The normalized spacial score (nSPS) is 22.0. The van der Waals surface area contributed by atoms with E-state index >= 15 is 0 Å². The van der Waals surface area contributed by atoms with Crippen LogP contribution in [0.5, 0.6) is 0 Å². The molecule has 1 fully saturated rings. The number of benzene rings is 1. The summed E-state index contributed by atoms with van der Waals surface area (Å²) < 4.78 is 26.1. The van der Waals surface area contributed by atoms with E-state index in [1.807, 2.05) is 0 Å². The molecule has 6 heteroatoms. The Bertz CT molecular complexity index is 516. The maximum atomic E-state index is 12.4. The summed E-state index contributed by atoms with van der Waals surface area (Å²) in [5, 5.41) is 9.56. The van der Waals surface area contributed by atoms with Crippen molar-refractivity contribution in [3.05, 3.63) is 29.8 Å². The van der Waals surface area contributed by atoms with Crippen LogP contribution in [-0.2, 0) is 16.6 Å². The van der Waals surface area contributed by atoms with Gasteiger partial charge in [-0.05, 0) is 30.5 Å². The van der Waals surface area contributed by atoms with E-state index in [2.05, 4.69) is 0 Å². The lowest BCUT2D eigenvalue weighted by atomic mass is 10.1. The van der Waals surface area contributed by atoms with Crippen LogP contribution in [-0.4, -0.2) is 37.0 Å². The van der Waals surface area contributed by atoms with Crippen molar-refractivity contribution in [1.29, 1.82) is 0 Å². The predicted molar refractivity (Wildman–Crippen MR) is 68.3 cm³/mol. The first kappa shape index (κ1) is 13.5. The molecule has 0 bridgehead atoms. The van der Waals surface area contributed by atoms with Crippen molar-refractivity contribution in [3.63, 3.8) is 0 Å². The van der Waals surface area contributed by atoms with Gasteiger partial charge in [0.15, 0.2) is 0 Å². The first-order valence-corrected chi connectivity index (χ1v) is 7.45. The maximum Gasteiger partial charge on any atom is 0.243 e. The lowest BCUT2D eigenvalue weighted by Gasteiger charge is -2.29. The Morgan fingerprint density at radius 2 is 2.22 bits per heavy atom. The second-order valence-electron chi connectivity index (χ2n) is 4.51. The van der Waals surface area contributed by atoms with Crippen LogP contribution in [0.15, 0.2) is 29.2 Å². The van der Waals surface area contributed by atoms with E-state index in [-0.39, 0.29) is 11.4 Å². The molecule has 0 spiro atoms. The smallest absolute Gasteiger partial charge is 0.243 e. The summed E-state index contributed by atoms with van der Waals surface area (Å²) in [7, 11) is -3.51. The summed E-state index contributed by atoms with van der Waals surface area (Å²) in [6, 6.07) is 6.64. The second-order valence-corrected chi connectivity index (χ2v) is 6.45. The maximum absolute atomic E-state index is 12.4. The van der Waals surface area contributed by atoms with Gasteiger partial charge >= 0.3 is 0 Å². The van der Waals surface area contributed by atoms with Crippen LogP contribution in [0.3, 0.4) is 0 Å². The van der Waals surface area contributed by atoms with E-state index in [9.17, 15) is 13.5 Å². The molecule has 5 nitrogen and oxygen atoms in total. The highest BCUT2D eigenvalue weighted by Crippen LogP contribution is 2.21. The van der Waals surface area contributed by atoms with E-state index in [0.717, 1.165) is 5.56 Å². The molecule has 1 aliphatic rings. The second kappa shape index (κ2) is 5.36. The van der Waals surface area contributed by atoms with Gasteiger partial charge in [-0.15, -0.1) is 0 Å². The molecule has 1 unspecified atom stereocenters. The Morgan fingerprint density at radius 3 is 2.89 bits per heavy atom. The zero-order chi connectivity index (χ0) is 13.2. The van der Waals surface area contributed by atoms with Crippen LogP contribution >= 0.6 is 0 Å². The molecule has 100 valence electrons. The molecule has 1 aromatic rings. The van der Waals surface area contributed by atoms with Crippen molar-refractivity contribution in [3.8, 4) is 0 Å². The van der Waals surface area contributed by atoms with Crippen molar-refractivity contribution >= 4 is 10.0 Å². The van der Waals surface area contributed by atoms with Crippen LogP contribution in [0.4, 0.5) is 0 Å². The number of sulfonamides is 1. The topological polar surface area (TPSA) is 83.6 Å². The van der Waals surface area contributed by atoms with Gasteiger partial charge in [-0.25, -0.2) is 8.42 Å². The molecule has 0 aromatic heterocycles. The van der Waals surface area contributed by atoms with E-state index < -0.39 is 16.1 Å². The molecule has 18 heavy (non-hydrogen) atoms. The van der Waals surface area contributed by atoms with Gasteiger partial charge < -0.3 is 10.8 Å². The molecule has 1 aliphatic heterocycles. The van der Waals surface area contributed by atoms with Gasteiger partial charge in [-0.1, -0.05) is 12.1 Å². The standard InChI is InChI=1S/C12H18N2O3S/c13-8-10-3-1-5-12(7-10)18(16,17)14-6-2-4-11(15)9-14/h1,3,5,7,11,15H,2,4,6,8-9,13H2. The summed E-state index contributed by atoms with van der Waals surface area (Å²) in [6.07, 6.45) is 0.789. The number of nitrogens with zero attached hydrogens (tertiary/aromatic N) is 1. The van der Waals surface area contributed by atoms with Gasteiger partial charge in [-0.2, -0.15) is 4.31 Å². The lowest BCUT2D eigenvalue weighted by Crippen LogP contribution is -2.42. The minimum absolute atomic E-state index is 0.176. The summed E-state index contributed by atoms with van der Waals surface area (Å²) in [6.45, 7) is 0.952. The predicted octanol–water partition coefficient (Wildman–Crippen LogP) is 0.291. The molecule has 2 rings (SSSR count). The molecule has 0 aliphatic carbocycles. The SMILES string of the molecule is NCc1cccc(S(=O)(=O)N2CCCC(O)C2)c1. The number of piperidine rings is 1. The molecule has 0 saturated carbocycles. The summed E-state index contributed by atoms with van der Waals surface area (Å²) in [5.74, 6) is 0. The molecule has 1 heterocycles. The molecule has 0 amide bonds. The largest absolute Gasteiger partial charge is 0.392 e. The molecular weight excluding hydrogens is 252 g/mol. The zero-order valence-corrected chi connectivity index (χ0v) is 10.9. The third kappa shape index (κ3) is 2.72. The van der Waals surface area contributed by atoms with E-state index in [4.69, 9.17) is 5.73 Å². The Balaban J connectivity index is 2.29. The highest BCUT2D eigenvalue weighted by molar-refractivity contribution is 7.89. The fourth-order valence-corrected chi connectivity index (χ4v) is 3.71. The molecule has 1 atom stereocenters. The van der Waals surface area contributed by atoms with Crippen molar-refractivity contribution in [2.75, 3.05) is 13.1 Å². The quantitative estimate of drug-likeness (QED) is 0.827. The van der Waals surface area contributed by atoms with Crippen LogP contribution in [0.1, 0.15) is 18.4 Å². The minimum Gasteiger partial charge on any atom is -0.392 e. The van der Waals surface area contributed by atoms with Gasteiger partial charge in [0.25, 0.3) is 0 Å². The molecule has 0 radical (unpaired) electrons. The molecule has 3 N–H and O–H groups in total. The summed E-state index contributed by atoms with van der Waals surface area (Å²) in [5.41, 5.74) is 6.30. The van der Waals surface area contributed by atoms with Crippen LogP contribution in [0.25, 0.3) is 0 Å². The average Bonchev–Trinajstić information content (AvgIpc) is 2.39. The zero-order valence-electron chi connectivity index (χ0n) is 10.1. The van der Waals surface area contributed by atoms with Crippen molar-refractivity contribution in [1.82, 2.24) is 4.31 Å². The van der Waals surface area contributed by atoms with E-state index in [0.29, 0.717) is 25.9 Å². The molecule has 1 saturated heterocycles. The van der Waals surface area contributed by atoms with Crippen LogP contribution in [0, 0.1) is 0 Å². The highest BCUT2D eigenvalue weighted by atomic mass is 32.2. The van der Waals surface area contributed by atoms with E-state index in [1.165, 1.54) is 4.31 Å². The number of rotatable bonds is 3. The number of aliphatic hydroxyl groups excluding tert-OH is 1. The van der Waals surface area contributed by atoms with Crippen molar-refractivity contribution < 1.29 is 13.5 Å². The highest BCUT2D eigenvalue weighted by Gasteiger charge is 2.29. The lowest BCUT2D eigenvalue weighted by molar-refractivity contribution is 0.108. The fourth-order valence-electron chi connectivity index (χ4n) is 2.12. The molecular formula is C12H18N2O3S. The first-order chi connectivity index (χ1) is 8.54. The Labute approximate surface area is 107 Å². The minimum atomic E-state index is -3.51. The van der Waals surface area contributed by atoms with Gasteiger partial charge in [0.1, 0.15) is 0 Å². The number of hydrogen-bond acceptors (Lipinski definition) is 4. The Kier molecular flexibility index (Phi) is 4.01. The monoisotopic (exact) mass is 270 g/mol. The first-order valence-electron chi connectivity index (χ1n) is 6.01. The Morgan fingerprint density at radius 1 is 1.44 bits per heavy atom. The van der Waals surface area contributed by atoms with Gasteiger partial charge in [0, 0.05) is 19.6 Å². The number of nitrogens with two attached hydrogens (primary N) is 1. The summed E-state index contributed by atoms with van der Waals surface area (Å²) in [4.78, 5) is 0.250.